The maximum absolute atomic E-state index is 14.1. The van der Waals surface area contributed by atoms with Crippen LogP contribution < -0.4 is 9.47 Å². The molecule has 3 aromatic carbocycles. The van der Waals surface area contributed by atoms with Crippen LogP contribution in [0.2, 0.25) is 0 Å². The Kier molecular flexibility index (Phi) is 7.26. The summed E-state index contributed by atoms with van der Waals surface area (Å²) in [6.45, 7) is 4.80. The van der Waals surface area contributed by atoms with Gasteiger partial charge in [0.05, 0.1) is 18.2 Å². The third-order valence-corrected chi connectivity index (χ3v) is 5.15. The van der Waals surface area contributed by atoms with E-state index in [4.69, 9.17) is 9.47 Å². The van der Waals surface area contributed by atoms with Gasteiger partial charge >= 0.3 is 0 Å². The Morgan fingerprint density at radius 1 is 1.07 bits per heavy atom. The van der Waals surface area contributed by atoms with Crippen LogP contribution in [0.4, 0.5) is 4.39 Å². The molecule has 0 radical (unpaired) electrons. The summed E-state index contributed by atoms with van der Waals surface area (Å²) in [5, 5.41) is 9.56. The van der Waals surface area contributed by atoms with Crippen LogP contribution in [0.1, 0.15) is 29.2 Å². The highest BCUT2D eigenvalue weighted by molar-refractivity contribution is 9.10. The lowest BCUT2D eigenvalue weighted by Crippen LogP contribution is -2.00. The zero-order chi connectivity index (χ0) is 21.5. The Labute approximate surface area is 184 Å². The average molecular weight is 466 g/mol. The quantitative estimate of drug-likeness (QED) is 0.280. The number of nitrogens with zero attached hydrogens (tertiary/aromatic N) is 1. The molecule has 0 fully saturated rings. The Hall–Kier alpha value is -3.10. The predicted molar refractivity (Wildman–Crippen MR) is 121 cm³/mol. The molecule has 0 aliphatic heterocycles. The van der Waals surface area contributed by atoms with Crippen LogP contribution in [-0.4, -0.2) is 6.61 Å². The van der Waals surface area contributed by atoms with E-state index in [1.807, 2.05) is 38.1 Å². The van der Waals surface area contributed by atoms with Crippen LogP contribution in [0.3, 0.4) is 0 Å². The minimum absolute atomic E-state index is 0.226. The lowest BCUT2D eigenvalue weighted by Gasteiger charge is -2.14. The zero-order valence-corrected chi connectivity index (χ0v) is 18.4. The van der Waals surface area contributed by atoms with Gasteiger partial charge in [-0.1, -0.05) is 64.0 Å². The normalized spacial score (nSPS) is 11.1. The minimum atomic E-state index is -0.440. The smallest absolute Gasteiger partial charge is 0.162 e. The minimum Gasteiger partial charge on any atom is -0.490 e. The van der Waals surface area contributed by atoms with Crippen LogP contribution >= 0.6 is 15.9 Å². The number of benzene rings is 3. The van der Waals surface area contributed by atoms with E-state index in [9.17, 15) is 9.65 Å². The maximum Gasteiger partial charge on any atom is 0.162 e. The van der Waals surface area contributed by atoms with Gasteiger partial charge in [-0.15, -0.1) is 0 Å². The highest BCUT2D eigenvalue weighted by atomic mass is 79.9. The molecule has 0 N–H and O–H groups in total. The molecule has 3 nitrogen and oxygen atoms in total. The highest BCUT2D eigenvalue weighted by Gasteiger charge is 2.13. The third-order valence-electron chi connectivity index (χ3n) is 4.46. The van der Waals surface area contributed by atoms with Crippen LogP contribution in [0.15, 0.2) is 65.1 Å². The zero-order valence-electron chi connectivity index (χ0n) is 16.8. The SMILES string of the molecule is CCOc1cc(C=C(C#N)c2ccccc2F)c(Br)cc1OCc1ccc(C)cc1. The van der Waals surface area contributed by atoms with Gasteiger partial charge in [0.25, 0.3) is 0 Å². The van der Waals surface area contributed by atoms with Crippen molar-refractivity contribution in [3.63, 3.8) is 0 Å². The van der Waals surface area contributed by atoms with Crippen LogP contribution in [0.5, 0.6) is 11.5 Å². The van der Waals surface area contributed by atoms with Gasteiger partial charge in [-0.2, -0.15) is 5.26 Å². The van der Waals surface area contributed by atoms with Gasteiger partial charge in [0, 0.05) is 10.0 Å². The number of nitriles is 1. The fourth-order valence-corrected chi connectivity index (χ4v) is 3.33. The van der Waals surface area contributed by atoms with E-state index in [2.05, 4.69) is 22.0 Å². The van der Waals surface area contributed by atoms with E-state index >= 15 is 0 Å². The molecular formula is C25H21BrFNO2. The largest absolute Gasteiger partial charge is 0.490 e. The number of halogens is 2. The van der Waals surface area contributed by atoms with E-state index in [0.29, 0.717) is 34.7 Å². The molecule has 3 aromatic rings. The predicted octanol–water partition coefficient (Wildman–Crippen LogP) is 6.94. The molecule has 0 aliphatic rings. The summed E-state index contributed by atoms with van der Waals surface area (Å²) in [6.07, 6.45) is 1.63. The number of hydrogen-bond donors (Lipinski definition) is 0. The molecule has 0 spiro atoms. The first kappa shape index (κ1) is 21.6. The van der Waals surface area contributed by atoms with Crippen molar-refractivity contribution in [3.8, 4) is 17.6 Å². The first-order valence-electron chi connectivity index (χ1n) is 9.53. The van der Waals surface area contributed by atoms with Gasteiger partial charge in [-0.3, -0.25) is 0 Å². The second-order valence-electron chi connectivity index (χ2n) is 6.68. The van der Waals surface area contributed by atoms with Crippen LogP contribution in [-0.2, 0) is 6.61 Å². The van der Waals surface area contributed by atoms with Gasteiger partial charge in [0.1, 0.15) is 12.4 Å². The fraction of sp³-hybridized carbons (Fsp3) is 0.160. The first-order chi connectivity index (χ1) is 14.5. The first-order valence-corrected chi connectivity index (χ1v) is 10.3. The molecule has 0 bridgehead atoms. The summed E-state index contributed by atoms with van der Waals surface area (Å²) in [5.41, 5.74) is 3.42. The van der Waals surface area contributed by atoms with Gasteiger partial charge in [0.15, 0.2) is 11.5 Å². The topological polar surface area (TPSA) is 42.2 Å². The van der Waals surface area contributed by atoms with Gasteiger partial charge in [-0.05, 0) is 49.2 Å². The van der Waals surface area contributed by atoms with E-state index < -0.39 is 5.82 Å². The van der Waals surface area contributed by atoms with Gasteiger partial charge in [0.2, 0.25) is 0 Å². The maximum atomic E-state index is 14.1. The van der Waals surface area contributed by atoms with Crippen molar-refractivity contribution in [2.24, 2.45) is 0 Å². The fourth-order valence-electron chi connectivity index (χ4n) is 2.89. The summed E-state index contributed by atoms with van der Waals surface area (Å²) < 4.78 is 26.6. The number of ether oxygens (including phenoxy) is 2. The van der Waals surface area contributed by atoms with E-state index in [1.54, 1.807) is 36.4 Å². The molecule has 30 heavy (non-hydrogen) atoms. The second-order valence-corrected chi connectivity index (χ2v) is 7.53. The summed E-state index contributed by atoms with van der Waals surface area (Å²) in [6, 6.07) is 20.0. The van der Waals surface area contributed by atoms with Crippen molar-refractivity contribution in [1.82, 2.24) is 0 Å². The summed E-state index contributed by atoms with van der Waals surface area (Å²) in [5.74, 6) is 0.709. The molecule has 3 rings (SSSR count). The molecule has 5 heteroatoms. The molecule has 152 valence electrons. The lowest BCUT2D eigenvalue weighted by atomic mass is 10.0. The van der Waals surface area contributed by atoms with E-state index in [1.165, 1.54) is 11.6 Å². The number of aryl methyl sites for hydroxylation is 1. The number of rotatable bonds is 7. The lowest BCUT2D eigenvalue weighted by molar-refractivity contribution is 0.269. The van der Waals surface area contributed by atoms with E-state index in [-0.39, 0.29) is 11.1 Å². The molecule has 0 aromatic heterocycles. The average Bonchev–Trinajstić information content (AvgIpc) is 2.74. The Morgan fingerprint density at radius 3 is 2.43 bits per heavy atom. The highest BCUT2D eigenvalue weighted by Crippen LogP contribution is 2.36. The molecule has 0 aliphatic carbocycles. The molecule has 0 amide bonds. The molecular weight excluding hydrogens is 445 g/mol. The second kappa shape index (κ2) is 10.1. The monoisotopic (exact) mass is 465 g/mol. The third kappa shape index (κ3) is 5.28. The molecule has 0 unspecified atom stereocenters. The van der Waals surface area contributed by atoms with Crippen molar-refractivity contribution in [1.29, 1.82) is 5.26 Å². The van der Waals surface area contributed by atoms with Gasteiger partial charge < -0.3 is 9.47 Å². The standard InChI is InChI=1S/C25H21BrFNO2/c1-3-29-24-13-19(12-20(15-28)21-6-4-5-7-23(21)27)22(26)14-25(24)30-16-18-10-8-17(2)9-11-18/h4-14H,3,16H2,1-2H3. The summed E-state index contributed by atoms with van der Waals surface area (Å²) >= 11 is 3.53. The van der Waals surface area contributed by atoms with Crippen molar-refractivity contribution < 1.29 is 13.9 Å². The van der Waals surface area contributed by atoms with Crippen molar-refractivity contribution >= 4 is 27.6 Å². The number of hydrogen-bond acceptors (Lipinski definition) is 3. The van der Waals surface area contributed by atoms with Crippen molar-refractivity contribution in [2.45, 2.75) is 20.5 Å². The summed E-state index contributed by atoms with van der Waals surface area (Å²) in [7, 11) is 0. The Balaban J connectivity index is 1.93. The van der Waals surface area contributed by atoms with Gasteiger partial charge in [-0.25, -0.2) is 4.39 Å². The molecule has 0 saturated carbocycles. The molecule has 0 atom stereocenters. The van der Waals surface area contributed by atoms with Crippen molar-refractivity contribution in [2.75, 3.05) is 6.61 Å². The molecule has 0 saturated heterocycles. The van der Waals surface area contributed by atoms with Crippen LogP contribution in [0.25, 0.3) is 11.6 Å². The Bertz CT molecular complexity index is 1100. The van der Waals surface area contributed by atoms with Crippen LogP contribution in [0, 0.1) is 24.1 Å². The van der Waals surface area contributed by atoms with E-state index in [0.717, 1.165) is 5.56 Å². The number of allylic oxidation sites excluding steroid dienone is 1. The molecule has 0 heterocycles. The van der Waals surface area contributed by atoms with Crippen molar-refractivity contribution in [3.05, 3.63) is 93.2 Å². The Morgan fingerprint density at radius 2 is 1.77 bits per heavy atom. The summed E-state index contributed by atoms with van der Waals surface area (Å²) in [4.78, 5) is 0.